The van der Waals surface area contributed by atoms with Crippen LogP contribution in [-0.4, -0.2) is 15.8 Å². The predicted molar refractivity (Wildman–Crippen MR) is 78.0 cm³/mol. The zero-order chi connectivity index (χ0) is 13.9. The smallest absolute Gasteiger partial charge is 0.108 e. The molecule has 1 aromatic carbocycles. The molecular formula is C17H26O2. The number of aliphatic hydroxyl groups is 2. The molecule has 1 aliphatic rings. The first kappa shape index (κ1) is 14.5. The first-order valence-electron chi connectivity index (χ1n) is 7.50. The van der Waals surface area contributed by atoms with Crippen molar-refractivity contribution in [3.05, 3.63) is 35.4 Å². The molecule has 106 valence electrons. The molecule has 1 aliphatic carbocycles. The van der Waals surface area contributed by atoms with Gasteiger partial charge in [0.1, 0.15) is 6.10 Å². The summed E-state index contributed by atoms with van der Waals surface area (Å²) in [5, 5.41) is 21.1. The van der Waals surface area contributed by atoms with Crippen molar-refractivity contribution in [2.75, 3.05) is 0 Å². The Labute approximate surface area is 116 Å². The molecule has 0 spiro atoms. The van der Waals surface area contributed by atoms with Crippen molar-refractivity contribution < 1.29 is 10.2 Å². The Morgan fingerprint density at radius 2 is 1.84 bits per heavy atom. The molecule has 1 aromatic rings. The predicted octanol–water partition coefficient (Wildman–Crippen LogP) is 3.61. The maximum Gasteiger partial charge on any atom is 0.108 e. The maximum absolute atomic E-state index is 10.6. The minimum Gasteiger partial charge on any atom is -0.387 e. The van der Waals surface area contributed by atoms with Gasteiger partial charge >= 0.3 is 0 Å². The summed E-state index contributed by atoms with van der Waals surface area (Å²) in [5.41, 5.74) is 1.18. The van der Waals surface area contributed by atoms with E-state index in [0.717, 1.165) is 24.8 Å². The van der Waals surface area contributed by atoms with Crippen molar-refractivity contribution in [2.24, 2.45) is 5.92 Å². The van der Waals surface area contributed by atoms with Gasteiger partial charge in [0, 0.05) is 0 Å². The first-order chi connectivity index (χ1) is 9.01. The normalized spacial score (nSPS) is 20.5. The Balaban J connectivity index is 2.16. The molecule has 2 rings (SSSR count). The zero-order valence-corrected chi connectivity index (χ0v) is 12.1. The lowest BCUT2D eigenvalue weighted by atomic mass is 9.78. The lowest BCUT2D eigenvalue weighted by Gasteiger charge is -2.36. The monoisotopic (exact) mass is 262 g/mol. The van der Waals surface area contributed by atoms with Gasteiger partial charge in [0.2, 0.25) is 0 Å². The molecule has 2 nitrogen and oxygen atoms in total. The third-order valence-corrected chi connectivity index (χ3v) is 4.14. The van der Waals surface area contributed by atoms with Gasteiger partial charge in [-0.15, -0.1) is 0 Å². The fourth-order valence-corrected chi connectivity index (χ4v) is 3.11. The summed E-state index contributed by atoms with van der Waals surface area (Å²) in [6.45, 7) is 4.38. The van der Waals surface area contributed by atoms with Crippen molar-refractivity contribution in [3.63, 3.8) is 0 Å². The van der Waals surface area contributed by atoms with Crippen molar-refractivity contribution in [1.29, 1.82) is 0 Å². The number of benzene rings is 1. The van der Waals surface area contributed by atoms with E-state index in [-0.39, 0.29) is 0 Å². The molecule has 0 bridgehead atoms. The molecule has 19 heavy (non-hydrogen) atoms. The first-order valence-corrected chi connectivity index (χ1v) is 7.50. The van der Waals surface area contributed by atoms with Crippen molar-refractivity contribution in [1.82, 2.24) is 0 Å². The van der Waals surface area contributed by atoms with Crippen LogP contribution in [0.15, 0.2) is 24.3 Å². The molecule has 0 saturated heterocycles. The minimum atomic E-state index is -0.922. The van der Waals surface area contributed by atoms with Crippen LogP contribution in [0.1, 0.15) is 63.2 Å². The molecule has 1 saturated carbocycles. The molecular weight excluding hydrogens is 236 g/mol. The van der Waals surface area contributed by atoms with Gasteiger partial charge in [0.25, 0.3) is 0 Å². The molecule has 1 atom stereocenters. The van der Waals surface area contributed by atoms with E-state index in [2.05, 4.69) is 26.0 Å². The summed E-state index contributed by atoms with van der Waals surface area (Å²) in [5.74, 6) is 0.602. The summed E-state index contributed by atoms with van der Waals surface area (Å²) in [4.78, 5) is 0. The fourth-order valence-electron chi connectivity index (χ4n) is 3.11. The summed E-state index contributed by atoms with van der Waals surface area (Å²) in [6, 6.07) is 8.07. The number of hydrogen-bond donors (Lipinski definition) is 2. The van der Waals surface area contributed by atoms with Crippen LogP contribution < -0.4 is 0 Å². The third kappa shape index (κ3) is 3.58. The third-order valence-electron chi connectivity index (χ3n) is 4.14. The summed E-state index contributed by atoms with van der Waals surface area (Å²) < 4.78 is 0. The number of rotatable bonds is 4. The van der Waals surface area contributed by atoms with Crippen molar-refractivity contribution in [2.45, 2.75) is 64.1 Å². The molecule has 0 aromatic heterocycles. The van der Waals surface area contributed by atoms with Gasteiger partial charge in [-0.1, -0.05) is 57.4 Å². The lowest BCUT2D eigenvalue weighted by Crippen LogP contribution is -2.38. The summed E-state index contributed by atoms with van der Waals surface area (Å²) in [6.07, 6.45) is 4.88. The Hall–Kier alpha value is -0.860. The van der Waals surface area contributed by atoms with Crippen LogP contribution in [0.4, 0.5) is 0 Å². The van der Waals surface area contributed by atoms with E-state index in [1.54, 1.807) is 0 Å². The van der Waals surface area contributed by atoms with E-state index in [9.17, 15) is 10.2 Å². The topological polar surface area (TPSA) is 40.5 Å². The molecule has 0 aliphatic heterocycles. The SMILES string of the molecule is CC(C)Cc1cccc(C(O)C2(O)CCCCC2)c1. The van der Waals surface area contributed by atoms with E-state index in [1.165, 1.54) is 12.0 Å². The Kier molecular flexibility index (Phi) is 4.64. The number of hydrogen-bond acceptors (Lipinski definition) is 2. The van der Waals surface area contributed by atoms with Gasteiger partial charge in [0.15, 0.2) is 0 Å². The van der Waals surface area contributed by atoms with E-state index in [4.69, 9.17) is 0 Å². The fraction of sp³-hybridized carbons (Fsp3) is 0.647. The van der Waals surface area contributed by atoms with Crippen LogP contribution >= 0.6 is 0 Å². The van der Waals surface area contributed by atoms with E-state index in [1.807, 2.05) is 12.1 Å². The van der Waals surface area contributed by atoms with E-state index < -0.39 is 11.7 Å². The van der Waals surface area contributed by atoms with Gasteiger partial charge < -0.3 is 10.2 Å². The summed E-state index contributed by atoms with van der Waals surface area (Å²) in [7, 11) is 0. The van der Waals surface area contributed by atoms with Crippen LogP contribution in [0.2, 0.25) is 0 Å². The summed E-state index contributed by atoms with van der Waals surface area (Å²) >= 11 is 0. The highest BCUT2D eigenvalue weighted by Gasteiger charge is 2.37. The minimum absolute atomic E-state index is 0.602. The van der Waals surface area contributed by atoms with Crippen LogP contribution in [0.25, 0.3) is 0 Å². The lowest BCUT2D eigenvalue weighted by molar-refractivity contribution is -0.0991. The highest BCUT2D eigenvalue weighted by Crippen LogP contribution is 2.38. The van der Waals surface area contributed by atoms with Crippen LogP contribution in [0.3, 0.4) is 0 Å². The van der Waals surface area contributed by atoms with Gasteiger partial charge in [-0.25, -0.2) is 0 Å². The highest BCUT2D eigenvalue weighted by atomic mass is 16.3. The standard InChI is InChI=1S/C17H26O2/c1-13(2)11-14-7-6-8-15(12-14)16(18)17(19)9-4-3-5-10-17/h6-8,12-13,16,18-19H,3-5,9-11H2,1-2H3. The molecule has 2 heteroatoms. The largest absolute Gasteiger partial charge is 0.387 e. The average Bonchev–Trinajstić information content (AvgIpc) is 2.38. The Morgan fingerprint density at radius 3 is 2.47 bits per heavy atom. The second-order valence-corrected chi connectivity index (χ2v) is 6.41. The van der Waals surface area contributed by atoms with Gasteiger partial charge in [-0.2, -0.15) is 0 Å². The zero-order valence-electron chi connectivity index (χ0n) is 12.1. The van der Waals surface area contributed by atoms with E-state index >= 15 is 0 Å². The van der Waals surface area contributed by atoms with Gasteiger partial charge in [-0.3, -0.25) is 0 Å². The molecule has 0 amide bonds. The second-order valence-electron chi connectivity index (χ2n) is 6.41. The molecule has 0 radical (unpaired) electrons. The van der Waals surface area contributed by atoms with Crippen LogP contribution in [0.5, 0.6) is 0 Å². The molecule has 0 heterocycles. The van der Waals surface area contributed by atoms with Gasteiger partial charge in [0.05, 0.1) is 5.60 Å². The second kappa shape index (κ2) is 6.06. The highest BCUT2D eigenvalue weighted by molar-refractivity contribution is 5.27. The molecule has 2 N–H and O–H groups in total. The molecule has 1 unspecified atom stereocenters. The average molecular weight is 262 g/mol. The number of aliphatic hydroxyl groups excluding tert-OH is 1. The van der Waals surface area contributed by atoms with Crippen molar-refractivity contribution in [3.8, 4) is 0 Å². The Bertz CT molecular complexity index is 405. The maximum atomic E-state index is 10.6. The Morgan fingerprint density at radius 1 is 1.16 bits per heavy atom. The van der Waals surface area contributed by atoms with Crippen molar-refractivity contribution >= 4 is 0 Å². The quantitative estimate of drug-likeness (QED) is 0.870. The molecule has 1 fully saturated rings. The van der Waals surface area contributed by atoms with Crippen LogP contribution in [0, 0.1) is 5.92 Å². The van der Waals surface area contributed by atoms with Gasteiger partial charge in [-0.05, 0) is 36.3 Å². The van der Waals surface area contributed by atoms with E-state index in [0.29, 0.717) is 18.8 Å². The van der Waals surface area contributed by atoms with Crippen LogP contribution in [-0.2, 0) is 6.42 Å².